The first kappa shape index (κ1) is 13.5. The Morgan fingerprint density at radius 3 is 2.31 bits per heavy atom. The molecule has 5 heteroatoms. The van der Waals surface area contributed by atoms with Gasteiger partial charge in [-0.05, 0) is 36.6 Å². The minimum Gasteiger partial charge on any atom is -0.266 e. The van der Waals surface area contributed by atoms with Gasteiger partial charge in [-0.2, -0.15) is 8.42 Å². The highest BCUT2D eigenvalue weighted by Crippen LogP contribution is 2.16. The maximum atomic E-state index is 11.7. The summed E-state index contributed by atoms with van der Waals surface area (Å²) in [5, 5.41) is 0.501. The molecule has 0 atom stereocenters. The molecule has 1 aromatic rings. The summed E-state index contributed by atoms with van der Waals surface area (Å²) in [5.74, 6) is 0.417. The van der Waals surface area contributed by atoms with Crippen LogP contribution in [0.2, 0.25) is 5.02 Å². The Kier molecular flexibility index (Phi) is 4.77. The lowest BCUT2D eigenvalue weighted by molar-refractivity contribution is 0.292. The molecular weight excluding hydrogens is 248 g/mol. The van der Waals surface area contributed by atoms with Crippen molar-refractivity contribution in [1.82, 2.24) is 0 Å². The van der Waals surface area contributed by atoms with Gasteiger partial charge in [-0.15, -0.1) is 0 Å². The fourth-order valence-electron chi connectivity index (χ4n) is 1.06. The van der Waals surface area contributed by atoms with Gasteiger partial charge in [0.25, 0.3) is 10.1 Å². The molecule has 0 saturated carbocycles. The van der Waals surface area contributed by atoms with Gasteiger partial charge in [0.15, 0.2) is 0 Å². The topological polar surface area (TPSA) is 43.4 Å². The predicted octanol–water partition coefficient (Wildman–Crippen LogP) is 3.09. The molecule has 16 heavy (non-hydrogen) atoms. The summed E-state index contributed by atoms with van der Waals surface area (Å²) in [6, 6.07) is 5.93. The van der Waals surface area contributed by atoms with Gasteiger partial charge in [0.05, 0.1) is 11.5 Å². The van der Waals surface area contributed by atoms with Crippen LogP contribution < -0.4 is 0 Å². The lowest BCUT2D eigenvalue weighted by atomic mass is 10.2. The van der Waals surface area contributed by atoms with Gasteiger partial charge in [-0.25, -0.2) is 0 Å². The normalized spacial score (nSPS) is 12.0. The Morgan fingerprint density at radius 1 is 1.25 bits per heavy atom. The lowest BCUT2D eigenvalue weighted by Gasteiger charge is -2.07. The van der Waals surface area contributed by atoms with Gasteiger partial charge < -0.3 is 0 Å². The largest absolute Gasteiger partial charge is 0.296 e. The molecule has 1 aromatic carbocycles. The SMILES string of the molecule is CC(C)CCOS(=O)(=O)c1ccc(Cl)cc1. The minimum absolute atomic E-state index is 0.139. The molecule has 0 saturated heterocycles. The molecule has 1 rings (SSSR count). The van der Waals surface area contributed by atoms with Crippen molar-refractivity contribution in [3.8, 4) is 0 Å². The molecule has 0 unspecified atom stereocenters. The Labute approximate surface area is 102 Å². The molecule has 0 N–H and O–H groups in total. The number of benzene rings is 1. The third-order valence-corrected chi connectivity index (χ3v) is 3.61. The second kappa shape index (κ2) is 5.66. The van der Waals surface area contributed by atoms with Crippen molar-refractivity contribution >= 4 is 21.7 Å². The standard InChI is InChI=1S/C11H15ClO3S/c1-9(2)7-8-15-16(13,14)11-5-3-10(12)4-6-11/h3-6,9H,7-8H2,1-2H3. The quantitative estimate of drug-likeness (QED) is 0.766. The zero-order valence-corrected chi connectivity index (χ0v) is 10.9. The molecule has 0 aliphatic heterocycles. The molecule has 90 valence electrons. The second-order valence-electron chi connectivity index (χ2n) is 3.91. The first-order valence-corrected chi connectivity index (χ1v) is 6.85. The van der Waals surface area contributed by atoms with E-state index in [-0.39, 0.29) is 11.5 Å². The summed E-state index contributed by atoms with van der Waals surface area (Å²) in [7, 11) is -3.63. The van der Waals surface area contributed by atoms with E-state index >= 15 is 0 Å². The van der Waals surface area contributed by atoms with Crippen LogP contribution in [-0.2, 0) is 14.3 Å². The van der Waals surface area contributed by atoms with Crippen LogP contribution in [0, 0.1) is 5.92 Å². The maximum Gasteiger partial charge on any atom is 0.296 e. The van der Waals surface area contributed by atoms with Gasteiger partial charge in [0.1, 0.15) is 0 Å². The predicted molar refractivity (Wildman–Crippen MR) is 64.0 cm³/mol. The van der Waals surface area contributed by atoms with Gasteiger partial charge in [-0.1, -0.05) is 25.4 Å². The highest BCUT2D eigenvalue weighted by molar-refractivity contribution is 7.86. The van der Waals surface area contributed by atoms with Crippen LogP contribution in [0.4, 0.5) is 0 Å². The zero-order chi connectivity index (χ0) is 12.2. The summed E-state index contributed by atoms with van der Waals surface area (Å²) in [5.41, 5.74) is 0. The van der Waals surface area contributed by atoms with Crippen molar-refractivity contribution in [2.45, 2.75) is 25.2 Å². The van der Waals surface area contributed by atoms with Gasteiger partial charge in [-0.3, -0.25) is 4.18 Å². The van der Waals surface area contributed by atoms with Crippen molar-refractivity contribution < 1.29 is 12.6 Å². The van der Waals surface area contributed by atoms with E-state index < -0.39 is 10.1 Å². The maximum absolute atomic E-state index is 11.7. The summed E-state index contributed by atoms with van der Waals surface area (Å²) in [6.45, 7) is 4.24. The van der Waals surface area contributed by atoms with Crippen LogP contribution in [0.15, 0.2) is 29.2 Å². The molecule has 0 aromatic heterocycles. The molecular formula is C11H15ClO3S. The van der Waals surface area contributed by atoms with E-state index in [2.05, 4.69) is 0 Å². The molecule has 0 heterocycles. The van der Waals surface area contributed by atoms with E-state index in [0.717, 1.165) is 0 Å². The van der Waals surface area contributed by atoms with E-state index in [9.17, 15) is 8.42 Å². The number of hydrogen-bond donors (Lipinski definition) is 0. The molecule has 0 radical (unpaired) electrons. The highest BCUT2D eigenvalue weighted by Gasteiger charge is 2.14. The van der Waals surface area contributed by atoms with E-state index in [1.54, 1.807) is 0 Å². The van der Waals surface area contributed by atoms with Crippen LogP contribution in [0.1, 0.15) is 20.3 Å². The molecule has 0 aliphatic carbocycles. The minimum atomic E-state index is -3.63. The molecule has 3 nitrogen and oxygen atoms in total. The monoisotopic (exact) mass is 262 g/mol. The van der Waals surface area contributed by atoms with Crippen molar-refractivity contribution in [2.24, 2.45) is 5.92 Å². The Morgan fingerprint density at radius 2 is 1.81 bits per heavy atom. The third kappa shape index (κ3) is 4.12. The van der Waals surface area contributed by atoms with Crippen molar-refractivity contribution in [3.63, 3.8) is 0 Å². The number of hydrogen-bond acceptors (Lipinski definition) is 3. The van der Waals surface area contributed by atoms with E-state index in [1.165, 1.54) is 24.3 Å². The summed E-state index contributed by atoms with van der Waals surface area (Å²) in [4.78, 5) is 0.139. The van der Waals surface area contributed by atoms with Crippen molar-refractivity contribution in [3.05, 3.63) is 29.3 Å². The second-order valence-corrected chi connectivity index (χ2v) is 5.96. The molecule has 0 amide bonds. The van der Waals surface area contributed by atoms with E-state index in [0.29, 0.717) is 17.4 Å². The first-order valence-electron chi connectivity index (χ1n) is 5.07. The van der Waals surface area contributed by atoms with Gasteiger partial charge in [0, 0.05) is 5.02 Å². The summed E-state index contributed by atoms with van der Waals surface area (Å²) in [6.07, 6.45) is 0.715. The van der Waals surface area contributed by atoms with Crippen LogP contribution in [-0.4, -0.2) is 15.0 Å². The Balaban J connectivity index is 2.67. The Hall–Kier alpha value is -0.580. The van der Waals surface area contributed by atoms with Gasteiger partial charge >= 0.3 is 0 Å². The average molecular weight is 263 g/mol. The lowest BCUT2D eigenvalue weighted by Crippen LogP contribution is -2.08. The first-order chi connectivity index (χ1) is 7.42. The number of rotatable bonds is 5. The molecule has 0 fully saturated rings. The smallest absolute Gasteiger partial charge is 0.266 e. The zero-order valence-electron chi connectivity index (χ0n) is 9.31. The average Bonchev–Trinajstić information content (AvgIpc) is 2.17. The fraction of sp³-hybridized carbons (Fsp3) is 0.455. The molecule has 0 aliphatic rings. The fourth-order valence-corrected chi connectivity index (χ4v) is 2.11. The third-order valence-electron chi connectivity index (χ3n) is 2.04. The number of halogens is 1. The van der Waals surface area contributed by atoms with Crippen LogP contribution >= 0.6 is 11.6 Å². The van der Waals surface area contributed by atoms with Crippen molar-refractivity contribution in [1.29, 1.82) is 0 Å². The molecule has 0 spiro atoms. The Bertz CT molecular complexity index is 423. The van der Waals surface area contributed by atoms with Crippen LogP contribution in [0.5, 0.6) is 0 Å². The summed E-state index contributed by atoms with van der Waals surface area (Å²) < 4.78 is 28.2. The van der Waals surface area contributed by atoms with E-state index in [1.807, 2.05) is 13.8 Å². The van der Waals surface area contributed by atoms with Crippen molar-refractivity contribution in [2.75, 3.05) is 6.61 Å². The van der Waals surface area contributed by atoms with Crippen LogP contribution in [0.3, 0.4) is 0 Å². The molecule has 0 bridgehead atoms. The highest BCUT2D eigenvalue weighted by atomic mass is 35.5. The summed E-state index contributed by atoms with van der Waals surface area (Å²) >= 11 is 5.67. The van der Waals surface area contributed by atoms with Gasteiger partial charge in [0.2, 0.25) is 0 Å². The van der Waals surface area contributed by atoms with E-state index in [4.69, 9.17) is 15.8 Å². The van der Waals surface area contributed by atoms with Crippen LogP contribution in [0.25, 0.3) is 0 Å².